The van der Waals surface area contributed by atoms with Crippen molar-refractivity contribution in [1.29, 1.82) is 0 Å². The minimum atomic E-state index is -0.865. The van der Waals surface area contributed by atoms with Crippen molar-refractivity contribution >= 4 is 73.8 Å². The van der Waals surface area contributed by atoms with E-state index in [-0.39, 0.29) is 22.8 Å². The van der Waals surface area contributed by atoms with E-state index in [1.807, 2.05) is 30.3 Å². The van der Waals surface area contributed by atoms with Gasteiger partial charge in [0.1, 0.15) is 11.8 Å². The Labute approximate surface area is 249 Å². The quantitative estimate of drug-likeness (QED) is 0.176. The largest absolute Gasteiger partial charge is 0.325 e. The number of non-ortho nitro benzene ring substituents is 1. The molecule has 3 amide bonds. The summed E-state index contributed by atoms with van der Waals surface area (Å²) in [6.07, 6.45) is 0. The van der Waals surface area contributed by atoms with Crippen LogP contribution in [0.1, 0.15) is 16.4 Å². The molecule has 3 aromatic carbocycles. The van der Waals surface area contributed by atoms with Gasteiger partial charge in [0.25, 0.3) is 5.69 Å². The van der Waals surface area contributed by atoms with E-state index >= 15 is 0 Å². The highest BCUT2D eigenvalue weighted by Gasteiger charge is 2.56. The summed E-state index contributed by atoms with van der Waals surface area (Å²) < 4.78 is 2.19. The maximum Gasteiger partial charge on any atom is 0.308 e. The molecule has 1 N–H and O–H groups in total. The van der Waals surface area contributed by atoms with Gasteiger partial charge in [-0.3, -0.25) is 33.9 Å². The lowest BCUT2D eigenvalue weighted by molar-refractivity contribution is -0.384. The molecule has 1 aromatic heterocycles. The summed E-state index contributed by atoms with van der Waals surface area (Å²) >= 11 is 5.50. The fourth-order valence-electron chi connectivity index (χ4n) is 5.13. The van der Waals surface area contributed by atoms with Crippen LogP contribution in [0.5, 0.6) is 0 Å². The van der Waals surface area contributed by atoms with Crippen molar-refractivity contribution in [3.8, 4) is 0 Å². The van der Waals surface area contributed by atoms with Gasteiger partial charge < -0.3 is 5.32 Å². The van der Waals surface area contributed by atoms with E-state index in [9.17, 15) is 29.3 Å². The zero-order valence-electron chi connectivity index (χ0n) is 20.9. The van der Waals surface area contributed by atoms with Gasteiger partial charge in [-0.1, -0.05) is 69.4 Å². The molecule has 10 nitrogen and oxygen atoms in total. The number of rotatable bonds is 6. The summed E-state index contributed by atoms with van der Waals surface area (Å²) in [4.78, 5) is 65.7. The van der Waals surface area contributed by atoms with Crippen molar-refractivity contribution in [3.05, 3.63) is 114 Å². The van der Waals surface area contributed by atoms with Crippen molar-refractivity contribution in [2.24, 2.45) is 5.92 Å². The van der Waals surface area contributed by atoms with Crippen molar-refractivity contribution in [3.63, 3.8) is 0 Å². The number of benzene rings is 3. The number of anilines is 2. The van der Waals surface area contributed by atoms with E-state index in [4.69, 9.17) is 0 Å². The minimum Gasteiger partial charge on any atom is -0.325 e. The molecule has 13 heteroatoms. The zero-order chi connectivity index (χ0) is 28.8. The lowest BCUT2D eigenvalue weighted by Gasteiger charge is -2.30. The summed E-state index contributed by atoms with van der Waals surface area (Å²) in [7, 11) is 0. The third-order valence-electron chi connectivity index (χ3n) is 6.96. The lowest BCUT2D eigenvalue weighted by atomic mass is 9.83. The number of hydrogen-bond acceptors (Lipinski definition) is 8. The molecule has 0 aliphatic carbocycles. The molecule has 2 aliphatic rings. The number of para-hydroxylation sites is 1. The third-order valence-corrected chi connectivity index (χ3v) is 10.1. The second kappa shape index (κ2) is 10.7. The molecular formula is C28H19BrN4O6S2. The normalized spacial score (nSPS) is 19.5. The Morgan fingerprint density at radius 3 is 2.29 bits per heavy atom. The van der Waals surface area contributed by atoms with Crippen LogP contribution in [0, 0.1) is 16.0 Å². The van der Waals surface area contributed by atoms with Gasteiger partial charge >= 0.3 is 4.87 Å². The fraction of sp³-hybridized carbons (Fsp3) is 0.143. The Balaban J connectivity index is 1.40. The number of thiazole rings is 1. The van der Waals surface area contributed by atoms with Gasteiger partial charge in [-0.05, 0) is 42.0 Å². The van der Waals surface area contributed by atoms with Crippen LogP contribution in [0.4, 0.5) is 17.1 Å². The van der Waals surface area contributed by atoms with Crippen LogP contribution in [0.25, 0.3) is 0 Å². The van der Waals surface area contributed by atoms with Gasteiger partial charge in [0.2, 0.25) is 17.7 Å². The molecule has 3 heterocycles. The van der Waals surface area contributed by atoms with Gasteiger partial charge in [0.15, 0.2) is 0 Å². The number of nitro benzene ring substituents is 1. The molecule has 4 aromatic rings. The molecule has 0 radical (unpaired) electrons. The number of nitrogens with zero attached hydrogens (tertiary/aromatic N) is 3. The van der Waals surface area contributed by atoms with E-state index in [1.54, 1.807) is 24.3 Å². The predicted molar refractivity (Wildman–Crippen MR) is 158 cm³/mol. The van der Waals surface area contributed by atoms with Crippen molar-refractivity contribution in [2.75, 3.05) is 10.2 Å². The number of imide groups is 1. The topological polar surface area (TPSA) is 132 Å². The van der Waals surface area contributed by atoms with Crippen molar-refractivity contribution < 1.29 is 19.3 Å². The van der Waals surface area contributed by atoms with Crippen LogP contribution >= 0.6 is 39.0 Å². The molecule has 41 heavy (non-hydrogen) atoms. The summed E-state index contributed by atoms with van der Waals surface area (Å²) in [5.41, 5.74) is 1.41. The standard InChI is InChI=1S/C28H19BrN4O6S2/c29-16-8-6-15(7-9-16)21-22-23(26(36)32(25(22)35)18-10-12-19(13-11-18)33(38)39)40-27-24(21)41-28(37)31(27)14-20(34)30-17-4-2-1-3-5-17/h1-13,21-23H,14H2,(H,30,34)/t21-,22-,23+/m0/s1. The first kappa shape index (κ1) is 27.1. The average Bonchev–Trinajstić information content (AvgIpc) is 3.40. The number of hydrogen-bond donors (Lipinski definition) is 1. The maximum atomic E-state index is 13.9. The highest BCUT2D eigenvalue weighted by molar-refractivity contribution is 9.10. The second-order valence-corrected chi connectivity index (χ2v) is 12.5. The van der Waals surface area contributed by atoms with Crippen LogP contribution < -0.4 is 15.1 Å². The van der Waals surface area contributed by atoms with Gasteiger partial charge in [-0.25, -0.2) is 4.90 Å². The first-order chi connectivity index (χ1) is 19.7. The number of carbonyl (C=O) groups excluding carboxylic acids is 3. The number of thioether (sulfide) groups is 1. The number of nitrogens with one attached hydrogen (secondary N) is 1. The first-order valence-electron chi connectivity index (χ1n) is 12.4. The third kappa shape index (κ3) is 4.89. The van der Waals surface area contributed by atoms with E-state index in [0.29, 0.717) is 15.6 Å². The fourth-order valence-corrected chi connectivity index (χ4v) is 8.17. The van der Waals surface area contributed by atoms with Crippen LogP contribution in [0.3, 0.4) is 0 Å². The SMILES string of the molecule is O=C(Cn1c2c(sc1=O)[C@@H](c1ccc(Br)cc1)[C@@H]1C(=O)N(c3ccc([N+](=O)[O-])cc3)C(=O)[C@@H]1S2)Nc1ccccc1. The molecule has 0 bridgehead atoms. The average molecular weight is 652 g/mol. The molecule has 2 aliphatic heterocycles. The molecule has 1 fully saturated rings. The number of fused-ring (bicyclic) bond motifs is 2. The van der Waals surface area contributed by atoms with Crippen LogP contribution in [0.2, 0.25) is 0 Å². The maximum absolute atomic E-state index is 13.9. The Morgan fingerprint density at radius 2 is 1.63 bits per heavy atom. The van der Waals surface area contributed by atoms with Crippen LogP contribution in [0.15, 0.2) is 93.2 Å². The van der Waals surface area contributed by atoms with Crippen LogP contribution in [-0.2, 0) is 20.9 Å². The first-order valence-corrected chi connectivity index (χ1v) is 14.8. The van der Waals surface area contributed by atoms with Crippen molar-refractivity contribution in [2.45, 2.75) is 22.7 Å². The van der Waals surface area contributed by atoms with Gasteiger partial charge in [0.05, 0.1) is 21.6 Å². The molecule has 3 atom stereocenters. The van der Waals surface area contributed by atoms with E-state index < -0.39 is 39.7 Å². The number of aromatic nitrogens is 1. The predicted octanol–water partition coefficient (Wildman–Crippen LogP) is 5.02. The molecule has 0 saturated carbocycles. The van der Waals surface area contributed by atoms with E-state index in [0.717, 1.165) is 38.0 Å². The Bertz CT molecular complexity index is 1760. The highest BCUT2D eigenvalue weighted by Crippen LogP contribution is 2.54. The van der Waals surface area contributed by atoms with Crippen molar-refractivity contribution in [1.82, 2.24) is 4.57 Å². The van der Waals surface area contributed by atoms with Gasteiger partial charge in [-0.15, -0.1) is 0 Å². The highest BCUT2D eigenvalue weighted by atomic mass is 79.9. The van der Waals surface area contributed by atoms with E-state index in [1.165, 1.54) is 28.8 Å². The molecule has 0 unspecified atom stereocenters. The number of halogens is 1. The number of amides is 3. The molecule has 0 spiro atoms. The molecular weight excluding hydrogens is 632 g/mol. The number of nitro groups is 1. The summed E-state index contributed by atoms with van der Waals surface area (Å²) in [5, 5.41) is 13.5. The molecule has 1 saturated heterocycles. The van der Waals surface area contributed by atoms with Crippen LogP contribution in [-0.4, -0.2) is 32.5 Å². The molecule has 206 valence electrons. The Hall–Kier alpha value is -4.07. The minimum absolute atomic E-state index is 0.160. The zero-order valence-corrected chi connectivity index (χ0v) is 24.1. The molecule has 6 rings (SSSR count). The van der Waals surface area contributed by atoms with Gasteiger partial charge in [-0.2, -0.15) is 0 Å². The van der Waals surface area contributed by atoms with Gasteiger partial charge in [0, 0.05) is 33.1 Å². The second-order valence-electron chi connectivity index (χ2n) is 9.42. The summed E-state index contributed by atoms with van der Waals surface area (Å²) in [6, 6.07) is 21.5. The lowest BCUT2D eigenvalue weighted by Crippen LogP contribution is -2.33. The summed E-state index contributed by atoms with van der Waals surface area (Å²) in [6.45, 7) is -0.259. The Kier molecular flexibility index (Phi) is 7.09. The Morgan fingerprint density at radius 1 is 0.951 bits per heavy atom. The summed E-state index contributed by atoms with van der Waals surface area (Å²) in [5.74, 6) is -2.76. The number of carbonyl (C=O) groups is 3. The van der Waals surface area contributed by atoms with E-state index in [2.05, 4.69) is 21.2 Å². The smallest absolute Gasteiger partial charge is 0.308 e. The monoisotopic (exact) mass is 650 g/mol.